The quantitative estimate of drug-likeness (QED) is 0.129. The van der Waals surface area contributed by atoms with Gasteiger partial charge in [0.15, 0.2) is 11.5 Å². The summed E-state index contributed by atoms with van der Waals surface area (Å²) in [5.41, 5.74) is 0.638. The van der Waals surface area contributed by atoms with Gasteiger partial charge < -0.3 is 19.1 Å². The van der Waals surface area contributed by atoms with E-state index >= 15 is 9.59 Å². The van der Waals surface area contributed by atoms with Crippen LogP contribution in [0.2, 0.25) is 5.02 Å². The van der Waals surface area contributed by atoms with E-state index < -0.39 is 52.0 Å². The van der Waals surface area contributed by atoms with Gasteiger partial charge in [-0.2, -0.15) is 5.10 Å². The van der Waals surface area contributed by atoms with Crippen LogP contribution in [0.25, 0.3) is 42.5 Å². The number of carbonyl (C=O) groups is 2. The van der Waals surface area contributed by atoms with Crippen LogP contribution in [0.5, 0.6) is 17.2 Å². The van der Waals surface area contributed by atoms with Gasteiger partial charge in [0.05, 0.1) is 54.0 Å². The fraction of sp³-hybridized carbons (Fsp3) is 0.286. The molecule has 2 amide bonds. The van der Waals surface area contributed by atoms with Crippen molar-refractivity contribution in [1.82, 2.24) is 33.3 Å². The number of rotatable bonds is 8. The fourth-order valence-corrected chi connectivity index (χ4v) is 12.2. The summed E-state index contributed by atoms with van der Waals surface area (Å²) in [6.45, 7) is 3.57. The van der Waals surface area contributed by atoms with Gasteiger partial charge in [0.25, 0.3) is 5.56 Å². The standard InChI is InChI=1S/C49H43ClN8O8S/c1-24-30-19-26(50)12-14-39(30)67-43(24)34-22-40(54(4)52-34)57-44(60)31-20-35-28(41(49(31,2)46(57)62)29-13-11-25-9-7-8-10-27(25)42(29)59)15-18-56-47(63)55(48(64)58(35)56)17-16-32-45(61)53(3)36-23-38(66-6)37(65-5)21-33(36)51-32/h7-15,19,21-23,31,35,41,59H,16-18,20H2,1-6H3/t31-,35+,41+,49+/m0/s1. The SMILES string of the molecule is COc1cc2nc(CCn3c(=O)n4n(c3=O)[C@@H]3C[C@H]5C(=O)N(c6cc(-c7sc8ccc(Cl)cc8c7C)nn6C)C(=O)[C@@]5(C)[C@@H](c5ccc6ccccc6c5O)C3=CC4)c(=O)n(C)c2cc1OC. The third-order valence-corrected chi connectivity index (χ3v) is 15.8. The largest absolute Gasteiger partial charge is 0.507 e. The Morgan fingerprint density at radius 3 is 2.46 bits per heavy atom. The van der Waals surface area contributed by atoms with Gasteiger partial charge in [-0.1, -0.05) is 54.1 Å². The number of nitrogens with zero attached hydrogens (tertiary/aromatic N) is 8. The summed E-state index contributed by atoms with van der Waals surface area (Å²) in [6.07, 6.45) is 1.81. The normalized spacial score (nSPS) is 20.1. The maximum Gasteiger partial charge on any atom is 0.347 e. The summed E-state index contributed by atoms with van der Waals surface area (Å²) in [4.78, 5) is 79.9. The van der Waals surface area contributed by atoms with E-state index in [1.165, 1.54) is 49.1 Å². The number of amides is 2. The number of methoxy groups -OCH3 is 2. The maximum atomic E-state index is 15.4. The van der Waals surface area contributed by atoms with Crippen molar-refractivity contribution in [2.24, 2.45) is 25.4 Å². The molecular weight excluding hydrogens is 896 g/mol. The van der Waals surface area contributed by atoms with Gasteiger partial charge in [-0.25, -0.2) is 33.4 Å². The van der Waals surface area contributed by atoms with Gasteiger partial charge in [0.2, 0.25) is 11.8 Å². The second kappa shape index (κ2) is 15.1. The number of anilines is 1. The molecule has 4 aromatic carbocycles. The van der Waals surface area contributed by atoms with Crippen molar-refractivity contribution in [1.29, 1.82) is 0 Å². The second-order valence-electron chi connectivity index (χ2n) is 17.6. The van der Waals surface area contributed by atoms with Gasteiger partial charge >= 0.3 is 11.4 Å². The van der Waals surface area contributed by atoms with Crippen LogP contribution in [0.3, 0.4) is 0 Å². The summed E-state index contributed by atoms with van der Waals surface area (Å²) in [5.74, 6) is -1.76. The molecule has 1 aliphatic carbocycles. The highest BCUT2D eigenvalue weighted by molar-refractivity contribution is 7.22. The van der Waals surface area contributed by atoms with Crippen LogP contribution in [0.15, 0.2) is 98.8 Å². The number of hydrogen-bond donors (Lipinski definition) is 1. The van der Waals surface area contributed by atoms with E-state index in [1.54, 1.807) is 51.4 Å². The number of allylic oxidation sites excluding steroid dienone is 2. The van der Waals surface area contributed by atoms with E-state index in [-0.39, 0.29) is 43.2 Å². The number of ether oxygens (including phenoxy) is 2. The molecule has 0 spiro atoms. The molecule has 0 bridgehead atoms. The Kier molecular flexibility index (Phi) is 9.59. The van der Waals surface area contributed by atoms with Crippen molar-refractivity contribution in [3.63, 3.8) is 0 Å². The third-order valence-electron chi connectivity index (χ3n) is 14.3. The molecular formula is C49H43ClN8O8S. The molecule has 8 aromatic rings. The predicted octanol–water partition coefficient (Wildman–Crippen LogP) is 6.62. The van der Waals surface area contributed by atoms with Crippen molar-refractivity contribution < 1.29 is 24.2 Å². The van der Waals surface area contributed by atoms with Crippen LogP contribution in [0, 0.1) is 18.3 Å². The second-order valence-corrected chi connectivity index (χ2v) is 19.1. The Bertz CT molecular complexity index is 3710. The molecule has 1 N–H and O–H groups in total. The molecule has 1 saturated heterocycles. The van der Waals surface area contributed by atoms with Crippen LogP contribution >= 0.6 is 22.9 Å². The molecule has 4 atom stereocenters. The number of phenols is 1. The fourth-order valence-electron chi connectivity index (χ4n) is 10.9. The van der Waals surface area contributed by atoms with Gasteiger partial charge in [-0.3, -0.25) is 19.1 Å². The van der Waals surface area contributed by atoms with Crippen LogP contribution in [0.4, 0.5) is 5.82 Å². The summed E-state index contributed by atoms with van der Waals surface area (Å²) in [5, 5.41) is 19.9. The zero-order valence-electron chi connectivity index (χ0n) is 37.2. The topological polar surface area (TPSA) is 178 Å². The summed E-state index contributed by atoms with van der Waals surface area (Å²) >= 11 is 7.90. The highest BCUT2D eigenvalue weighted by Gasteiger charge is 2.66. The maximum absolute atomic E-state index is 15.4. The molecule has 1 saturated carbocycles. The molecule has 2 aliphatic heterocycles. The third kappa shape index (κ3) is 5.99. The molecule has 0 unspecified atom stereocenters. The number of hydrogen-bond acceptors (Lipinski definition) is 11. The van der Waals surface area contributed by atoms with Gasteiger partial charge in [0.1, 0.15) is 23.0 Å². The number of carbonyl (C=O) groups excluding carboxylic acids is 2. The Labute approximate surface area is 390 Å². The lowest BCUT2D eigenvalue weighted by Crippen LogP contribution is -2.49. The van der Waals surface area contributed by atoms with E-state index in [9.17, 15) is 19.5 Å². The summed E-state index contributed by atoms with van der Waals surface area (Å²) in [7, 11) is 6.30. The highest BCUT2D eigenvalue weighted by atomic mass is 35.5. The average molecular weight is 939 g/mol. The molecule has 16 nitrogen and oxygen atoms in total. The minimum absolute atomic E-state index is 0.0105. The average Bonchev–Trinajstić information content (AvgIpc) is 3.99. The van der Waals surface area contributed by atoms with Crippen molar-refractivity contribution in [3.8, 4) is 27.8 Å². The lowest BCUT2D eigenvalue weighted by molar-refractivity contribution is -0.129. The number of fused-ring (bicyclic) bond motifs is 7. The lowest BCUT2D eigenvalue weighted by atomic mass is 9.56. The summed E-state index contributed by atoms with van der Waals surface area (Å²) < 4.78 is 18.7. The molecule has 6 heterocycles. The molecule has 11 rings (SSSR count). The monoisotopic (exact) mass is 938 g/mol. The van der Waals surface area contributed by atoms with Gasteiger partial charge in [-0.05, 0) is 60.4 Å². The van der Waals surface area contributed by atoms with Gasteiger partial charge in [0, 0.05) is 71.9 Å². The van der Waals surface area contributed by atoms with E-state index in [4.69, 9.17) is 26.2 Å². The van der Waals surface area contributed by atoms with Crippen molar-refractivity contribution in [3.05, 3.63) is 138 Å². The Balaban J connectivity index is 1.01. The Morgan fingerprint density at radius 2 is 1.69 bits per heavy atom. The van der Waals surface area contributed by atoms with Crippen molar-refractivity contribution in [2.75, 3.05) is 19.1 Å². The molecule has 67 heavy (non-hydrogen) atoms. The van der Waals surface area contributed by atoms with E-state index in [1.807, 2.05) is 55.5 Å². The molecule has 4 aromatic heterocycles. The first-order valence-corrected chi connectivity index (χ1v) is 22.9. The van der Waals surface area contributed by atoms with E-state index in [2.05, 4.69) is 4.98 Å². The summed E-state index contributed by atoms with van der Waals surface area (Å²) in [6, 6.07) is 20.9. The lowest BCUT2D eigenvalue weighted by Gasteiger charge is -2.47. The number of halogens is 1. The van der Waals surface area contributed by atoms with E-state index in [0.29, 0.717) is 49.8 Å². The molecule has 340 valence electrons. The highest BCUT2D eigenvalue weighted by Crippen LogP contribution is 2.62. The first-order valence-electron chi connectivity index (χ1n) is 21.7. The number of imide groups is 1. The number of aromatic hydroxyl groups is 1. The zero-order valence-corrected chi connectivity index (χ0v) is 38.8. The van der Waals surface area contributed by atoms with Crippen LogP contribution in [-0.2, 0) is 43.2 Å². The number of phenolic OH excluding ortho intramolecular Hbond substituents is 1. The molecule has 0 radical (unpaired) electrons. The van der Waals surface area contributed by atoms with E-state index in [0.717, 1.165) is 30.5 Å². The first kappa shape index (κ1) is 42.4. The van der Waals surface area contributed by atoms with Gasteiger partial charge in [-0.15, -0.1) is 11.3 Å². The Hall–Kier alpha value is -7.24. The minimum atomic E-state index is -1.45. The van der Waals surface area contributed by atoms with Crippen LogP contribution in [0.1, 0.15) is 42.1 Å². The van der Waals surface area contributed by atoms with Crippen LogP contribution in [-0.4, -0.2) is 64.4 Å². The predicted molar refractivity (Wildman–Crippen MR) is 255 cm³/mol. The Morgan fingerprint density at radius 1 is 0.925 bits per heavy atom. The number of benzene rings is 4. The van der Waals surface area contributed by atoms with Crippen LogP contribution < -0.4 is 31.3 Å². The first-order chi connectivity index (χ1) is 32.2. The zero-order chi connectivity index (χ0) is 47.0. The minimum Gasteiger partial charge on any atom is -0.507 e. The molecule has 2 fully saturated rings. The number of aryl methyl sites for hydroxylation is 4. The van der Waals surface area contributed by atoms with Crippen molar-refractivity contribution >= 4 is 72.5 Å². The van der Waals surface area contributed by atoms with Crippen molar-refractivity contribution in [2.45, 2.75) is 51.7 Å². The smallest absolute Gasteiger partial charge is 0.347 e. The number of thiophene rings is 1. The number of aromatic nitrogens is 7. The molecule has 18 heteroatoms. The molecule has 3 aliphatic rings.